The molecular formula is C7H10O4. The standard InChI is InChI=1S/C7H10O4/c8-7(9)2-4-10-3-1-6-5-11-6/h2,4,6H,1,3,5H2,(H,8,9). The van der Waals surface area contributed by atoms with Gasteiger partial charge in [0.25, 0.3) is 0 Å². The van der Waals surface area contributed by atoms with Gasteiger partial charge >= 0.3 is 5.97 Å². The topological polar surface area (TPSA) is 59.1 Å². The molecule has 0 saturated carbocycles. The molecule has 0 aromatic heterocycles. The van der Waals surface area contributed by atoms with Crippen LogP contribution in [0, 0.1) is 0 Å². The molecule has 1 atom stereocenters. The first-order chi connectivity index (χ1) is 5.29. The van der Waals surface area contributed by atoms with E-state index in [1.165, 1.54) is 6.26 Å². The van der Waals surface area contributed by atoms with Crippen LogP contribution in [0.25, 0.3) is 0 Å². The highest BCUT2D eigenvalue weighted by Gasteiger charge is 2.21. The third kappa shape index (κ3) is 4.38. The van der Waals surface area contributed by atoms with Crippen LogP contribution in [-0.2, 0) is 14.3 Å². The van der Waals surface area contributed by atoms with Gasteiger partial charge in [0, 0.05) is 6.42 Å². The van der Waals surface area contributed by atoms with E-state index in [-0.39, 0.29) is 0 Å². The number of ether oxygens (including phenoxy) is 2. The summed E-state index contributed by atoms with van der Waals surface area (Å²) in [6.45, 7) is 1.33. The van der Waals surface area contributed by atoms with Crippen molar-refractivity contribution >= 4 is 5.97 Å². The first kappa shape index (κ1) is 8.07. The van der Waals surface area contributed by atoms with Crippen molar-refractivity contribution in [2.24, 2.45) is 0 Å². The minimum absolute atomic E-state index is 0.341. The highest BCUT2D eigenvalue weighted by atomic mass is 16.6. The molecule has 1 heterocycles. The lowest BCUT2D eigenvalue weighted by Gasteiger charge is -1.95. The monoisotopic (exact) mass is 158 g/mol. The molecule has 1 aliphatic heterocycles. The Morgan fingerprint density at radius 2 is 2.55 bits per heavy atom. The highest BCUT2D eigenvalue weighted by molar-refractivity contribution is 5.79. The summed E-state index contributed by atoms with van der Waals surface area (Å²) < 4.78 is 9.77. The first-order valence-electron chi connectivity index (χ1n) is 3.41. The van der Waals surface area contributed by atoms with Crippen molar-refractivity contribution in [3.05, 3.63) is 12.3 Å². The van der Waals surface area contributed by atoms with Crippen LogP contribution < -0.4 is 0 Å². The van der Waals surface area contributed by atoms with E-state index >= 15 is 0 Å². The Bertz CT molecular complexity index is 160. The molecule has 4 heteroatoms. The molecule has 0 radical (unpaired) electrons. The van der Waals surface area contributed by atoms with Crippen LogP contribution in [-0.4, -0.2) is 30.4 Å². The van der Waals surface area contributed by atoms with Crippen molar-refractivity contribution in [1.82, 2.24) is 0 Å². The SMILES string of the molecule is O=C(O)C=COCCC1CO1. The summed E-state index contributed by atoms with van der Waals surface area (Å²) in [6.07, 6.45) is 3.33. The fourth-order valence-electron chi connectivity index (χ4n) is 0.609. The van der Waals surface area contributed by atoms with Gasteiger partial charge in [-0.2, -0.15) is 0 Å². The molecule has 1 N–H and O–H groups in total. The van der Waals surface area contributed by atoms with E-state index in [1.807, 2.05) is 0 Å². The third-order valence-corrected chi connectivity index (χ3v) is 1.27. The van der Waals surface area contributed by atoms with Crippen LogP contribution in [0.3, 0.4) is 0 Å². The predicted molar refractivity (Wildman–Crippen MR) is 37.1 cm³/mol. The molecular weight excluding hydrogens is 148 g/mol. The maximum absolute atomic E-state index is 9.92. The van der Waals surface area contributed by atoms with Crippen molar-refractivity contribution in [2.45, 2.75) is 12.5 Å². The Labute approximate surface area is 64.4 Å². The molecule has 11 heavy (non-hydrogen) atoms. The fourth-order valence-corrected chi connectivity index (χ4v) is 0.609. The number of hydrogen-bond acceptors (Lipinski definition) is 3. The van der Waals surface area contributed by atoms with Crippen molar-refractivity contribution in [3.8, 4) is 0 Å². The predicted octanol–water partition coefficient (Wildman–Crippen LogP) is 0.390. The second-order valence-corrected chi connectivity index (χ2v) is 2.26. The quantitative estimate of drug-likeness (QED) is 0.272. The number of aliphatic carboxylic acids is 1. The van der Waals surface area contributed by atoms with Crippen LogP contribution in [0.15, 0.2) is 12.3 Å². The van der Waals surface area contributed by atoms with E-state index < -0.39 is 5.97 Å². The second-order valence-electron chi connectivity index (χ2n) is 2.26. The van der Waals surface area contributed by atoms with Gasteiger partial charge in [-0.1, -0.05) is 0 Å². The van der Waals surface area contributed by atoms with Crippen molar-refractivity contribution in [2.75, 3.05) is 13.2 Å². The van der Waals surface area contributed by atoms with E-state index in [9.17, 15) is 4.79 Å². The summed E-state index contributed by atoms with van der Waals surface area (Å²) >= 11 is 0. The number of hydrogen-bond donors (Lipinski definition) is 1. The molecule has 1 unspecified atom stereocenters. The lowest BCUT2D eigenvalue weighted by atomic mass is 10.4. The molecule has 62 valence electrons. The first-order valence-corrected chi connectivity index (χ1v) is 3.41. The Balaban J connectivity index is 1.90. The molecule has 0 aromatic rings. The van der Waals surface area contributed by atoms with Gasteiger partial charge in [0.15, 0.2) is 0 Å². The highest BCUT2D eigenvalue weighted by Crippen LogP contribution is 2.12. The molecule has 0 bridgehead atoms. The fraction of sp³-hybridized carbons (Fsp3) is 0.571. The van der Waals surface area contributed by atoms with E-state index in [0.29, 0.717) is 12.7 Å². The van der Waals surface area contributed by atoms with E-state index in [2.05, 4.69) is 0 Å². The zero-order valence-corrected chi connectivity index (χ0v) is 6.03. The minimum Gasteiger partial charge on any atom is -0.501 e. The molecule has 1 rings (SSSR count). The molecule has 1 aliphatic rings. The normalized spacial score (nSPS) is 22.0. The molecule has 0 spiro atoms. The molecule has 0 aromatic carbocycles. The number of carbonyl (C=O) groups is 1. The molecule has 1 saturated heterocycles. The van der Waals surface area contributed by atoms with Crippen LogP contribution >= 0.6 is 0 Å². The lowest BCUT2D eigenvalue weighted by Crippen LogP contribution is -1.94. The molecule has 0 aliphatic carbocycles. The van der Waals surface area contributed by atoms with Crippen molar-refractivity contribution < 1.29 is 19.4 Å². The summed E-state index contributed by atoms with van der Waals surface area (Å²) in [4.78, 5) is 9.92. The van der Waals surface area contributed by atoms with Gasteiger partial charge in [-0.05, 0) is 0 Å². The van der Waals surface area contributed by atoms with Gasteiger partial charge in [0.2, 0.25) is 0 Å². The maximum Gasteiger partial charge on any atom is 0.331 e. The van der Waals surface area contributed by atoms with Crippen LogP contribution in [0.5, 0.6) is 0 Å². The average Bonchev–Trinajstić information content (AvgIpc) is 2.70. The van der Waals surface area contributed by atoms with Crippen LogP contribution in [0.1, 0.15) is 6.42 Å². The second kappa shape index (κ2) is 3.98. The van der Waals surface area contributed by atoms with Gasteiger partial charge < -0.3 is 14.6 Å². The lowest BCUT2D eigenvalue weighted by molar-refractivity contribution is -0.131. The van der Waals surface area contributed by atoms with Crippen molar-refractivity contribution in [3.63, 3.8) is 0 Å². The van der Waals surface area contributed by atoms with Crippen LogP contribution in [0.4, 0.5) is 0 Å². The average molecular weight is 158 g/mol. The van der Waals surface area contributed by atoms with Gasteiger partial charge in [-0.3, -0.25) is 0 Å². The van der Waals surface area contributed by atoms with Gasteiger partial charge in [0.05, 0.1) is 31.7 Å². The van der Waals surface area contributed by atoms with E-state index in [1.54, 1.807) is 0 Å². The van der Waals surface area contributed by atoms with Gasteiger partial charge in [0.1, 0.15) is 0 Å². The number of carboxylic acids is 1. The summed E-state index contributed by atoms with van der Waals surface area (Å²) in [7, 11) is 0. The van der Waals surface area contributed by atoms with E-state index in [0.717, 1.165) is 19.1 Å². The largest absolute Gasteiger partial charge is 0.501 e. The van der Waals surface area contributed by atoms with E-state index in [4.69, 9.17) is 14.6 Å². The zero-order valence-electron chi connectivity index (χ0n) is 6.03. The van der Waals surface area contributed by atoms with Crippen LogP contribution in [0.2, 0.25) is 0 Å². The Kier molecular flexibility index (Phi) is 2.92. The Morgan fingerprint density at radius 1 is 1.82 bits per heavy atom. The zero-order chi connectivity index (χ0) is 8.10. The molecule has 1 fully saturated rings. The Hall–Kier alpha value is -1.03. The summed E-state index contributed by atoms with van der Waals surface area (Å²) in [5.41, 5.74) is 0. The summed E-state index contributed by atoms with van der Waals surface area (Å²) in [6, 6.07) is 0. The number of rotatable bonds is 5. The smallest absolute Gasteiger partial charge is 0.331 e. The third-order valence-electron chi connectivity index (χ3n) is 1.27. The Morgan fingerprint density at radius 3 is 3.09 bits per heavy atom. The molecule has 0 amide bonds. The summed E-state index contributed by atoms with van der Waals surface area (Å²) in [5, 5.41) is 8.14. The molecule has 4 nitrogen and oxygen atoms in total. The number of epoxide rings is 1. The van der Waals surface area contributed by atoms with Crippen molar-refractivity contribution in [1.29, 1.82) is 0 Å². The number of carboxylic acid groups (broad SMARTS) is 1. The summed E-state index contributed by atoms with van der Waals surface area (Å²) in [5.74, 6) is -0.993. The van der Waals surface area contributed by atoms with Gasteiger partial charge in [-0.25, -0.2) is 4.79 Å². The maximum atomic E-state index is 9.92. The van der Waals surface area contributed by atoms with Gasteiger partial charge in [-0.15, -0.1) is 0 Å². The minimum atomic E-state index is -0.993.